The lowest BCUT2D eigenvalue weighted by atomic mass is 10.0. The lowest BCUT2D eigenvalue weighted by Gasteiger charge is -2.23. The molecule has 1 aliphatic heterocycles. The van der Waals surface area contributed by atoms with Crippen LogP contribution in [0, 0.1) is 7.14 Å². The number of thiazole rings is 1. The van der Waals surface area contributed by atoms with Crippen molar-refractivity contribution in [3.05, 3.63) is 114 Å². The van der Waals surface area contributed by atoms with E-state index < -0.39 is 12.0 Å². The maximum absolute atomic E-state index is 13.7. The quantitative estimate of drug-likeness (QED) is 0.180. The molecule has 194 valence electrons. The summed E-state index contributed by atoms with van der Waals surface area (Å²) in [6.45, 7) is 4.29. The van der Waals surface area contributed by atoms with Crippen molar-refractivity contribution in [2.45, 2.75) is 26.5 Å². The number of carbonyl (C=O) groups is 1. The topological polar surface area (TPSA) is 69.9 Å². The van der Waals surface area contributed by atoms with Crippen molar-refractivity contribution in [1.82, 2.24) is 4.57 Å². The van der Waals surface area contributed by atoms with Crippen LogP contribution in [0.2, 0.25) is 0 Å². The minimum absolute atomic E-state index is 0.184. The van der Waals surface area contributed by atoms with E-state index in [1.54, 1.807) is 18.4 Å². The molecule has 0 aliphatic carbocycles. The third-order valence-corrected chi connectivity index (χ3v) is 9.38. The Kier molecular flexibility index (Phi) is 8.50. The highest BCUT2D eigenvalue weighted by atomic mass is 127. The van der Waals surface area contributed by atoms with Crippen LogP contribution in [0.3, 0.4) is 0 Å². The second-order valence-corrected chi connectivity index (χ2v) is 12.7. The fourth-order valence-electron chi connectivity index (χ4n) is 4.19. The highest BCUT2D eigenvalue weighted by Crippen LogP contribution is 2.33. The Morgan fingerprint density at radius 2 is 1.87 bits per heavy atom. The zero-order chi connectivity index (χ0) is 26.8. The Hall–Kier alpha value is -2.29. The van der Waals surface area contributed by atoms with Gasteiger partial charge in [0.05, 0.1) is 29.5 Å². The van der Waals surface area contributed by atoms with Crippen molar-refractivity contribution < 1.29 is 14.3 Å². The first kappa shape index (κ1) is 27.3. The molecule has 38 heavy (non-hydrogen) atoms. The van der Waals surface area contributed by atoms with Crippen LogP contribution in [0.1, 0.15) is 35.9 Å². The summed E-state index contributed by atoms with van der Waals surface area (Å²) in [6.07, 6.45) is 1.88. The summed E-state index contributed by atoms with van der Waals surface area (Å²) in [5.74, 6) is 0.373. The second-order valence-electron chi connectivity index (χ2n) is 8.41. The number of allylic oxidation sites excluding steroid dienone is 1. The van der Waals surface area contributed by atoms with Crippen molar-refractivity contribution in [1.29, 1.82) is 0 Å². The number of aromatic nitrogens is 1. The predicted octanol–water partition coefficient (Wildman–Crippen LogP) is 5.65. The van der Waals surface area contributed by atoms with Gasteiger partial charge in [0, 0.05) is 4.88 Å². The second kappa shape index (κ2) is 11.8. The van der Waals surface area contributed by atoms with Crippen molar-refractivity contribution in [3.63, 3.8) is 0 Å². The van der Waals surface area contributed by atoms with Gasteiger partial charge >= 0.3 is 5.97 Å². The molecule has 2 aromatic heterocycles. The molecule has 0 saturated heterocycles. The fraction of sp³-hybridized carbons (Fsp3) is 0.179. The van der Waals surface area contributed by atoms with E-state index in [0.717, 1.165) is 28.9 Å². The molecule has 0 radical (unpaired) electrons. The number of esters is 1. The normalized spacial score (nSPS) is 15.3. The van der Waals surface area contributed by atoms with E-state index in [1.807, 2.05) is 66.1 Å². The summed E-state index contributed by atoms with van der Waals surface area (Å²) in [4.78, 5) is 32.7. The van der Waals surface area contributed by atoms with Gasteiger partial charge in [-0.15, -0.1) is 11.3 Å². The molecule has 0 saturated carbocycles. The fourth-order valence-corrected chi connectivity index (χ4v) is 8.19. The van der Waals surface area contributed by atoms with Gasteiger partial charge in [-0.1, -0.05) is 47.7 Å². The Bertz CT molecular complexity index is 1680. The number of fused-ring (bicyclic) bond motifs is 1. The monoisotopic (exact) mass is 768 g/mol. The Morgan fingerprint density at radius 3 is 2.53 bits per heavy atom. The van der Waals surface area contributed by atoms with Crippen LogP contribution in [-0.4, -0.2) is 17.1 Å². The van der Waals surface area contributed by atoms with E-state index in [2.05, 4.69) is 50.2 Å². The Labute approximate surface area is 254 Å². The van der Waals surface area contributed by atoms with Crippen LogP contribution < -0.4 is 19.6 Å². The average Bonchev–Trinajstić information content (AvgIpc) is 3.52. The van der Waals surface area contributed by atoms with Gasteiger partial charge in [0.2, 0.25) is 0 Å². The molecule has 3 heterocycles. The van der Waals surface area contributed by atoms with Gasteiger partial charge in [0.1, 0.15) is 18.4 Å². The minimum atomic E-state index is -0.568. The van der Waals surface area contributed by atoms with Crippen LogP contribution in [-0.2, 0) is 16.1 Å². The predicted molar refractivity (Wildman–Crippen MR) is 167 cm³/mol. The molecular weight excluding hydrogens is 746 g/mol. The molecule has 0 bridgehead atoms. The van der Waals surface area contributed by atoms with E-state index in [9.17, 15) is 9.59 Å². The summed E-state index contributed by atoms with van der Waals surface area (Å²) < 4.78 is 15.5. The zero-order valence-corrected chi connectivity index (χ0v) is 26.4. The number of nitrogens with zero attached hydrogens (tertiary/aromatic N) is 2. The lowest BCUT2D eigenvalue weighted by Crippen LogP contribution is -2.39. The van der Waals surface area contributed by atoms with Crippen molar-refractivity contribution >= 4 is 79.9 Å². The molecule has 0 unspecified atom stereocenters. The third kappa shape index (κ3) is 5.54. The first-order valence-corrected chi connectivity index (χ1v) is 15.6. The van der Waals surface area contributed by atoms with Gasteiger partial charge in [-0.3, -0.25) is 9.36 Å². The Morgan fingerprint density at radius 1 is 1.13 bits per heavy atom. The molecule has 0 amide bonds. The van der Waals surface area contributed by atoms with Gasteiger partial charge in [0.25, 0.3) is 5.56 Å². The van der Waals surface area contributed by atoms with Gasteiger partial charge in [0.15, 0.2) is 4.80 Å². The molecule has 0 N–H and O–H groups in total. The highest BCUT2D eigenvalue weighted by Gasteiger charge is 2.33. The molecule has 0 spiro atoms. The van der Waals surface area contributed by atoms with Gasteiger partial charge < -0.3 is 9.47 Å². The van der Waals surface area contributed by atoms with Crippen LogP contribution >= 0.6 is 67.9 Å². The number of carbonyl (C=O) groups excluding carboxylic acids is 1. The summed E-state index contributed by atoms with van der Waals surface area (Å²) >= 11 is 7.36. The summed E-state index contributed by atoms with van der Waals surface area (Å²) in [5.41, 5.74) is 2.78. The molecule has 1 atom stereocenters. The summed E-state index contributed by atoms with van der Waals surface area (Å²) in [7, 11) is 0. The largest absolute Gasteiger partial charge is 0.487 e. The first-order chi connectivity index (χ1) is 18.4. The minimum Gasteiger partial charge on any atom is -0.487 e. The SMILES string of the molecule is CCOC(=O)C1=C(C)N=c2s/c(=C/c3cc(I)c(OCc4ccccc4)c(I)c3)c(=O)n2[C@@H]1c1cccs1. The standard InChI is InChI=1S/C28H22I2N2O4S2/c1-3-35-27(34)23-16(2)31-28-32(24(23)21-10-7-11-37-21)26(33)22(38-28)14-18-12-19(29)25(20(30)13-18)36-15-17-8-5-4-6-9-17/h4-14,24H,3,15H2,1-2H3/b22-14+/t24-/m1/s1. The number of ether oxygens (including phenoxy) is 2. The van der Waals surface area contributed by atoms with Crippen molar-refractivity contribution in [2.75, 3.05) is 6.61 Å². The molecule has 1 aliphatic rings. The van der Waals surface area contributed by atoms with E-state index in [4.69, 9.17) is 9.47 Å². The third-order valence-electron chi connectivity index (χ3n) is 5.87. The highest BCUT2D eigenvalue weighted by molar-refractivity contribution is 14.1. The van der Waals surface area contributed by atoms with Crippen LogP contribution in [0.15, 0.2) is 81.0 Å². The Balaban J connectivity index is 1.54. The molecule has 0 fully saturated rings. The molecule has 4 aromatic rings. The maximum atomic E-state index is 13.7. The lowest BCUT2D eigenvalue weighted by molar-refractivity contribution is -0.139. The molecular formula is C28H22I2N2O4S2. The molecule has 10 heteroatoms. The first-order valence-electron chi connectivity index (χ1n) is 11.8. The van der Waals surface area contributed by atoms with Crippen molar-refractivity contribution in [3.8, 4) is 5.75 Å². The van der Waals surface area contributed by atoms with E-state index in [-0.39, 0.29) is 12.2 Å². The number of hydrogen-bond donors (Lipinski definition) is 0. The van der Waals surface area contributed by atoms with Crippen LogP contribution in [0.25, 0.3) is 6.08 Å². The molecule has 5 rings (SSSR count). The van der Waals surface area contributed by atoms with Crippen LogP contribution in [0.5, 0.6) is 5.75 Å². The molecule has 2 aromatic carbocycles. The van der Waals surface area contributed by atoms with E-state index >= 15 is 0 Å². The van der Waals surface area contributed by atoms with Gasteiger partial charge in [-0.2, -0.15) is 0 Å². The van der Waals surface area contributed by atoms with E-state index in [1.165, 1.54) is 22.7 Å². The number of benzene rings is 2. The van der Waals surface area contributed by atoms with Gasteiger partial charge in [-0.25, -0.2) is 9.79 Å². The van der Waals surface area contributed by atoms with Gasteiger partial charge in [-0.05, 0) is 99.8 Å². The van der Waals surface area contributed by atoms with Crippen molar-refractivity contribution in [2.24, 2.45) is 4.99 Å². The maximum Gasteiger partial charge on any atom is 0.338 e. The number of hydrogen-bond acceptors (Lipinski definition) is 7. The molecule has 6 nitrogen and oxygen atoms in total. The van der Waals surface area contributed by atoms with Crippen LogP contribution in [0.4, 0.5) is 0 Å². The number of rotatable bonds is 7. The number of thiophene rings is 1. The van der Waals surface area contributed by atoms with E-state index in [0.29, 0.717) is 27.2 Å². The zero-order valence-electron chi connectivity index (χ0n) is 20.4. The summed E-state index contributed by atoms with van der Waals surface area (Å²) in [5, 5.41) is 1.94. The summed E-state index contributed by atoms with van der Waals surface area (Å²) in [6, 6.07) is 17.3. The number of halogens is 2. The smallest absolute Gasteiger partial charge is 0.338 e. The average molecular weight is 768 g/mol.